The maximum atomic E-state index is 11.8. The van der Waals surface area contributed by atoms with Crippen molar-refractivity contribution in [2.75, 3.05) is 0 Å². The fourth-order valence-corrected chi connectivity index (χ4v) is 1.87. The molecule has 0 fully saturated rings. The number of aromatic nitrogens is 2. The van der Waals surface area contributed by atoms with Crippen LogP contribution in [0.1, 0.15) is 20.7 Å². The molecule has 0 amide bonds. The first-order valence-electron chi connectivity index (χ1n) is 4.76. The Hall–Kier alpha value is -2.36. The van der Waals surface area contributed by atoms with Crippen LogP contribution in [-0.4, -0.2) is 21.5 Å². The van der Waals surface area contributed by atoms with Gasteiger partial charge in [0.15, 0.2) is 0 Å². The smallest absolute Gasteiger partial charge is 0.235 e. The van der Waals surface area contributed by atoms with Gasteiger partial charge in [-0.25, -0.2) is 0 Å². The predicted octanol–water partition coefficient (Wildman–Crippen LogP) is 1.52. The zero-order valence-corrected chi connectivity index (χ0v) is 8.18. The van der Waals surface area contributed by atoms with Gasteiger partial charge in [-0.3, -0.25) is 19.6 Å². The van der Waals surface area contributed by atoms with Gasteiger partial charge in [0, 0.05) is 24.8 Å². The Balaban J connectivity index is 2.41. The molecular weight excluding hydrogens is 204 g/mol. The van der Waals surface area contributed by atoms with Crippen LogP contribution in [0.2, 0.25) is 0 Å². The number of hydrogen-bond donors (Lipinski definition) is 0. The molecule has 16 heavy (non-hydrogen) atoms. The average Bonchev–Trinajstić information content (AvgIpc) is 2.36. The first-order chi connectivity index (χ1) is 7.79. The maximum Gasteiger partial charge on any atom is 0.235 e. The van der Waals surface area contributed by atoms with Gasteiger partial charge in [-0.05, 0) is 23.3 Å². The third-order valence-corrected chi connectivity index (χ3v) is 2.63. The number of fused-ring (bicyclic) bond motifs is 3. The Morgan fingerprint density at radius 3 is 1.56 bits per heavy atom. The van der Waals surface area contributed by atoms with E-state index in [4.69, 9.17) is 0 Å². The Morgan fingerprint density at radius 1 is 0.688 bits per heavy atom. The zero-order valence-electron chi connectivity index (χ0n) is 8.18. The normalized spacial score (nSPS) is 13.2. The third kappa shape index (κ3) is 1.04. The Labute approximate surface area is 91.0 Å². The summed E-state index contributed by atoms with van der Waals surface area (Å²) in [5.41, 5.74) is 2.23. The summed E-state index contributed by atoms with van der Waals surface area (Å²) in [6.07, 6.45) is 6.07. The van der Waals surface area contributed by atoms with E-state index in [1.165, 1.54) is 12.4 Å². The summed E-state index contributed by atoms with van der Waals surface area (Å²) in [4.78, 5) is 31.3. The average molecular weight is 210 g/mol. The van der Waals surface area contributed by atoms with Gasteiger partial charge in [0.05, 0.1) is 11.1 Å². The lowest BCUT2D eigenvalue weighted by Crippen LogP contribution is -2.21. The van der Waals surface area contributed by atoms with E-state index >= 15 is 0 Å². The highest BCUT2D eigenvalue weighted by Gasteiger charge is 2.30. The fraction of sp³-hybridized carbons (Fsp3) is 0. The zero-order chi connectivity index (χ0) is 11.1. The van der Waals surface area contributed by atoms with E-state index in [9.17, 15) is 9.59 Å². The highest BCUT2D eigenvalue weighted by atomic mass is 16.2. The van der Waals surface area contributed by atoms with Crippen LogP contribution >= 0.6 is 0 Å². The van der Waals surface area contributed by atoms with Crippen molar-refractivity contribution in [3.05, 3.63) is 48.0 Å². The van der Waals surface area contributed by atoms with Crippen LogP contribution in [0.3, 0.4) is 0 Å². The van der Waals surface area contributed by atoms with E-state index < -0.39 is 11.6 Å². The third-order valence-electron chi connectivity index (χ3n) is 2.63. The van der Waals surface area contributed by atoms with Crippen molar-refractivity contribution in [3.63, 3.8) is 0 Å². The molecule has 3 rings (SSSR count). The molecule has 0 spiro atoms. The molecule has 2 heterocycles. The van der Waals surface area contributed by atoms with Crippen molar-refractivity contribution in [2.45, 2.75) is 0 Å². The maximum absolute atomic E-state index is 11.8. The molecule has 0 radical (unpaired) electrons. The summed E-state index contributed by atoms with van der Waals surface area (Å²) < 4.78 is 0. The second-order valence-electron chi connectivity index (χ2n) is 3.50. The largest absolute Gasteiger partial charge is 0.285 e. The molecule has 4 nitrogen and oxygen atoms in total. The van der Waals surface area contributed by atoms with Crippen LogP contribution in [0.25, 0.3) is 11.1 Å². The minimum atomic E-state index is -0.511. The number of rotatable bonds is 0. The van der Waals surface area contributed by atoms with Gasteiger partial charge in [0.1, 0.15) is 0 Å². The van der Waals surface area contributed by atoms with Gasteiger partial charge in [-0.1, -0.05) is 0 Å². The van der Waals surface area contributed by atoms with Crippen LogP contribution in [-0.2, 0) is 0 Å². The standard InChI is InChI=1S/C12H6N2O2/c15-11-9-5-13-3-1-7(9)8-2-4-14-6-10(8)12(11)16/h1-6H. The summed E-state index contributed by atoms with van der Waals surface area (Å²) >= 11 is 0. The van der Waals surface area contributed by atoms with Crippen LogP contribution in [0, 0.1) is 0 Å². The molecule has 4 heteroatoms. The highest BCUT2D eigenvalue weighted by molar-refractivity contribution is 6.52. The predicted molar refractivity (Wildman–Crippen MR) is 56.1 cm³/mol. The van der Waals surface area contributed by atoms with Crippen molar-refractivity contribution < 1.29 is 9.59 Å². The summed E-state index contributed by atoms with van der Waals surface area (Å²) in [6.45, 7) is 0. The highest BCUT2D eigenvalue weighted by Crippen LogP contribution is 2.31. The topological polar surface area (TPSA) is 59.9 Å². The van der Waals surface area contributed by atoms with E-state index in [-0.39, 0.29) is 0 Å². The van der Waals surface area contributed by atoms with Crippen molar-refractivity contribution >= 4 is 11.6 Å². The Kier molecular flexibility index (Phi) is 1.71. The van der Waals surface area contributed by atoms with Crippen LogP contribution in [0.4, 0.5) is 0 Å². The number of pyridine rings is 2. The number of Topliss-reactive ketones (excluding diaryl/α,β-unsaturated/α-hetero) is 2. The van der Waals surface area contributed by atoms with Gasteiger partial charge >= 0.3 is 0 Å². The molecule has 0 unspecified atom stereocenters. The molecule has 0 saturated carbocycles. The molecular formula is C12H6N2O2. The lowest BCUT2D eigenvalue weighted by atomic mass is 9.86. The van der Waals surface area contributed by atoms with Gasteiger partial charge in [0.25, 0.3) is 0 Å². The molecule has 2 aromatic heterocycles. The quantitative estimate of drug-likeness (QED) is 0.618. The SMILES string of the molecule is O=C1C(=O)c2cnccc2-c2ccncc21. The molecule has 1 aliphatic rings. The van der Waals surface area contributed by atoms with Crippen molar-refractivity contribution in [1.29, 1.82) is 0 Å². The van der Waals surface area contributed by atoms with E-state index in [2.05, 4.69) is 9.97 Å². The summed E-state index contributed by atoms with van der Waals surface area (Å²) in [7, 11) is 0. The van der Waals surface area contributed by atoms with E-state index in [0.717, 1.165) is 11.1 Å². The van der Waals surface area contributed by atoms with Crippen molar-refractivity contribution in [1.82, 2.24) is 9.97 Å². The monoisotopic (exact) mass is 210 g/mol. The molecule has 0 saturated heterocycles. The molecule has 0 atom stereocenters. The van der Waals surface area contributed by atoms with E-state index in [1.54, 1.807) is 24.5 Å². The van der Waals surface area contributed by atoms with Gasteiger partial charge in [-0.15, -0.1) is 0 Å². The minimum absolute atomic E-state index is 0.367. The second-order valence-corrected chi connectivity index (χ2v) is 3.50. The molecule has 0 aromatic carbocycles. The number of nitrogens with zero attached hydrogens (tertiary/aromatic N) is 2. The lowest BCUT2D eigenvalue weighted by molar-refractivity contribution is 0.0815. The number of ketones is 2. The van der Waals surface area contributed by atoms with Crippen molar-refractivity contribution in [2.24, 2.45) is 0 Å². The minimum Gasteiger partial charge on any atom is -0.285 e. The molecule has 0 bridgehead atoms. The van der Waals surface area contributed by atoms with Gasteiger partial charge in [-0.2, -0.15) is 0 Å². The molecule has 76 valence electrons. The first-order valence-corrected chi connectivity index (χ1v) is 4.76. The fourth-order valence-electron chi connectivity index (χ4n) is 1.87. The Bertz CT molecular complexity index is 564. The summed E-state index contributed by atoms with van der Waals surface area (Å²) in [6, 6.07) is 3.47. The van der Waals surface area contributed by atoms with Crippen LogP contribution < -0.4 is 0 Å². The van der Waals surface area contributed by atoms with Crippen LogP contribution in [0.5, 0.6) is 0 Å². The first kappa shape index (κ1) is 8.91. The van der Waals surface area contributed by atoms with E-state index in [1.807, 2.05) is 0 Å². The summed E-state index contributed by atoms with van der Waals surface area (Å²) in [5, 5.41) is 0. The second kappa shape index (κ2) is 3.06. The van der Waals surface area contributed by atoms with E-state index in [0.29, 0.717) is 11.1 Å². The molecule has 0 N–H and O–H groups in total. The van der Waals surface area contributed by atoms with Crippen LogP contribution in [0.15, 0.2) is 36.9 Å². The molecule has 0 aliphatic heterocycles. The number of carbonyl (C=O) groups is 2. The van der Waals surface area contributed by atoms with Crippen molar-refractivity contribution in [3.8, 4) is 11.1 Å². The lowest BCUT2D eigenvalue weighted by Gasteiger charge is -2.15. The Morgan fingerprint density at radius 2 is 1.12 bits per heavy atom. The number of carbonyl (C=O) groups excluding carboxylic acids is 2. The van der Waals surface area contributed by atoms with Gasteiger partial charge < -0.3 is 0 Å². The molecule has 2 aromatic rings. The van der Waals surface area contributed by atoms with Gasteiger partial charge in [0.2, 0.25) is 11.6 Å². The summed E-state index contributed by atoms with van der Waals surface area (Å²) in [5.74, 6) is -1.02. The molecule has 1 aliphatic carbocycles. The number of hydrogen-bond acceptors (Lipinski definition) is 4.